The maximum atomic E-state index is 11.7. The van der Waals surface area contributed by atoms with Crippen LogP contribution < -0.4 is 16.9 Å². The molecule has 0 atom stereocenters. The van der Waals surface area contributed by atoms with Crippen LogP contribution in [0.15, 0.2) is 69.3 Å². The molecule has 216 valence electrons. The van der Waals surface area contributed by atoms with E-state index in [4.69, 9.17) is 15.2 Å². The molecule has 0 saturated carbocycles. The third kappa shape index (κ3) is 17.1. The highest BCUT2D eigenvalue weighted by Crippen LogP contribution is 2.10. The second-order valence-corrected chi connectivity index (χ2v) is 9.04. The number of hydrazone groups is 1. The third-order valence-electron chi connectivity index (χ3n) is 5.80. The van der Waals surface area contributed by atoms with Gasteiger partial charge in [-0.25, -0.2) is 4.99 Å². The van der Waals surface area contributed by atoms with Crippen molar-refractivity contribution in [2.45, 2.75) is 39.2 Å². The fraction of sp³-hybridized carbons (Fsp3) is 0.517. The van der Waals surface area contributed by atoms with Crippen LogP contribution >= 0.6 is 0 Å². The van der Waals surface area contributed by atoms with Crippen LogP contribution in [0, 0.1) is 5.92 Å². The van der Waals surface area contributed by atoms with E-state index < -0.39 is 0 Å². The van der Waals surface area contributed by atoms with Gasteiger partial charge < -0.3 is 20.9 Å². The van der Waals surface area contributed by atoms with E-state index in [9.17, 15) is 4.79 Å². The molecule has 1 aromatic carbocycles. The average Bonchev–Trinajstić information content (AvgIpc) is 2.97. The van der Waals surface area contributed by atoms with Gasteiger partial charge in [-0.3, -0.25) is 20.1 Å². The number of rotatable bonds is 11. The first kappa shape index (κ1) is 33.8. The Kier molecular flexibility index (Phi) is 19.8. The van der Waals surface area contributed by atoms with Gasteiger partial charge in [0.2, 0.25) is 0 Å². The maximum Gasteiger partial charge on any atom is 0.159 e. The minimum Gasteiger partial charge on any atom is -0.388 e. The van der Waals surface area contributed by atoms with Crippen molar-refractivity contribution in [2.24, 2.45) is 32.5 Å². The van der Waals surface area contributed by atoms with Gasteiger partial charge >= 0.3 is 0 Å². The summed E-state index contributed by atoms with van der Waals surface area (Å²) in [6, 6.07) is 10.2. The van der Waals surface area contributed by atoms with Gasteiger partial charge in [0.1, 0.15) is 12.7 Å². The van der Waals surface area contributed by atoms with Gasteiger partial charge in [0.15, 0.2) is 5.78 Å². The SMILES string of the molecule is CC(C)C(C=NC=NC1CCOCC1)=CNN=CN.CN.O=C(/C=C/CN1CCOCC1)Cc1ccccc1. The molecule has 39 heavy (non-hydrogen) atoms. The highest BCUT2D eigenvalue weighted by atomic mass is 16.5. The number of morpholine rings is 1. The van der Waals surface area contributed by atoms with Crippen LogP contribution in [0.2, 0.25) is 0 Å². The molecule has 2 saturated heterocycles. The zero-order valence-corrected chi connectivity index (χ0v) is 23.7. The first-order valence-electron chi connectivity index (χ1n) is 13.5. The molecule has 0 aliphatic carbocycles. The largest absolute Gasteiger partial charge is 0.388 e. The van der Waals surface area contributed by atoms with Crippen LogP contribution in [-0.4, -0.2) is 88.7 Å². The Balaban J connectivity index is 0.000000367. The van der Waals surface area contributed by atoms with E-state index in [1.54, 1.807) is 24.8 Å². The van der Waals surface area contributed by atoms with Gasteiger partial charge in [-0.2, -0.15) is 5.10 Å². The van der Waals surface area contributed by atoms with Crippen molar-refractivity contribution in [3.8, 4) is 0 Å². The molecule has 0 aromatic heterocycles. The van der Waals surface area contributed by atoms with Crippen molar-refractivity contribution < 1.29 is 14.3 Å². The molecule has 0 spiro atoms. The first-order chi connectivity index (χ1) is 19.1. The highest BCUT2D eigenvalue weighted by Gasteiger charge is 2.11. The minimum absolute atomic E-state index is 0.162. The predicted octanol–water partition coefficient (Wildman–Crippen LogP) is 2.56. The standard InChI is InChI=1S/C15H19NO2.C13H23N5O.CH5N/c17-15(13-14-5-2-1-3-6-14)7-4-8-16-9-11-18-12-10-16;1-11(2)12(8-17-18-9-14)7-15-10-16-13-3-5-19-6-4-13;1-2/h1-7H,8-13H2;7-11,13,17H,3-6H2,1-2H3,(H2,14,18);2H2,1H3/b7-4+;;. The number of carbonyl (C=O) groups is 1. The van der Waals surface area contributed by atoms with Gasteiger partial charge in [0.25, 0.3) is 0 Å². The molecule has 10 nitrogen and oxygen atoms in total. The highest BCUT2D eigenvalue weighted by molar-refractivity contribution is 5.91. The number of allylic oxidation sites excluding steroid dienone is 2. The van der Waals surface area contributed by atoms with Gasteiger partial charge in [0.05, 0.1) is 19.3 Å². The van der Waals surface area contributed by atoms with Gasteiger partial charge in [-0.15, -0.1) is 0 Å². The summed E-state index contributed by atoms with van der Waals surface area (Å²) in [5, 5.41) is 3.71. The maximum absolute atomic E-state index is 11.7. The number of benzene rings is 1. The minimum atomic E-state index is 0.162. The Morgan fingerprint density at radius 1 is 1.10 bits per heavy atom. The predicted molar refractivity (Wildman–Crippen MR) is 161 cm³/mol. The molecule has 1 aromatic rings. The number of nitrogens with zero attached hydrogens (tertiary/aromatic N) is 4. The lowest BCUT2D eigenvalue weighted by Gasteiger charge is -2.25. The molecule has 2 aliphatic heterocycles. The fourth-order valence-corrected chi connectivity index (χ4v) is 3.57. The number of ketones is 1. The van der Waals surface area contributed by atoms with E-state index in [0.717, 1.165) is 70.0 Å². The van der Waals surface area contributed by atoms with Crippen molar-refractivity contribution in [3.63, 3.8) is 0 Å². The lowest BCUT2D eigenvalue weighted by atomic mass is 10.1. The van der Waals surface area contributed by atoms with Crippen molar-refractivity contribution in [2.75, 3.05) is 53.1 Å². The third-order valence-corrected chi connectivity index (χ3v) is 5.80. The van der Waals surface area contributed by atoms with Crippen LogP contribution in [0.4, 0.5) is 0 Å². The number of hydrogen-bond acceptors (Lipinski definition) is 8. The van der Waals surface area contributed by atoms with E-state index in [0.29, 0.717) is 18.4 Å². The molecule has 10 heteroatoms. The summed E-state index contributed by atoms with van der Waals surface area (Å²) in [5.41, 5.74) is 14.5. The molecule has 5 N–H and O–H groups in total. The fourth-order valence-electron chi connectivity index (χ4n) is 3.57. The van der Waals surface area contributed by atoms with Crippen LogP contribution in [0.1, 0.15) is 32.3 Å². The number of nitrogens with one attached hydrogen (secondary N) is 1. The molecule has 0 unspecified atom stereocenters. The summed E-state index contributed by atoms with van der Waals surface area (Å²) in [5.74, 6) is 0.509. The van der Waals surface area contributed by atoms with Crippen LogP contribution in [0.5, 0.6) is 0 Å². The van der Waals surface area contributed by atoms with Crippen molar-refractivity contribution >= 4 is 24.7 Å². The van der Waals surface area contributed by atoms with E-state index in [2.05, 4.69) is 45.0 Å². The first-order valence-corrected chi connectivity index (χ1v) is 13.5. The Bertz CT molecular complexity index is 903. The molecule has 2 heterocycles. The van der Waals surface area contributed by atoms with Crippen LogP contribution in [-0.2, 0) is 20.7 Å². The topological polar surface area (TPSA) is 140 Å². The monoisotopic (exact) mass is 541 g/mol. The zero-order valence-electron chi connectivity index (χ0n) is 23.7. The Morgan fingerprint density at radius 2 is 1.77 bits per heavy atom. The van der Waals surface area contributed by atoms with Gasteiger partial charge in [0, 0.05) is 51.7 Å². The van der Waals surface area contributed by atoms with E-state index >= 15 is 0 Å². The lowest BCUT2D eigenvalue weighted by Crippen LogP contribution is -2.36. The van der Waals surface area contributed by atoms with E-state index in [-0.39, 0.29) is 5.78 Å². The smallest absolute Gasteiger partial charge is 0.159 e. The molecule has 2 fully saturated rings. The average molecular weight is 542 g/mol. The molecular formula is C29H47N7O3. The normalized spacial score (nSPS) is 17.4. The van der Waals surface area contributed by atoms with Crippen molar-refractivity contribution in [1.29, 1.82) is 0 Å². The second kappa shape index (κ2) is 22.8. The molecular weight excluding hydrogens is 494 g/mol. The number of carbonyl (C=O) groups excluding carboxylic acids is 1. The molecule has 0 amide bonds. The Hall–Kier alpha value is -3.18. The lowest BCUT2D eigenvalue weighted by molar-refractivity contribution is -0.114. The molecule has 0 radical (unpaired) electrons. The Morgan fingerprint density at radius 3 is 2.41 bits per heavy atom. The van der Waals surface area contributed by atoms with Crippen molar-refractivity contribution in [3.05, 3.63) is 59.8 Å². The van der Waals surface area contributed by atoms with Crippen molar-refractivity contribution in [1.82, 2.24) is 10.3 Å². The zero-order chi connectivity index (χ0) is 28.6. The quantitative estimate of drug-likeness (QED) is 0.169. The van der Waals surface area contributed by atoms with Gasteiger partial charge in [-0.05, 0) is 43.0 Å². The molecule has 0 bridgehead atoms. The number of nitrogens with two attached hydrogens (primary N) is 2. The summed E-state index contributed by atoms with van der Waals surface area (Å²) >= 11 is 0. The Labute approximate surface area is 233 Å². The molecule has 3 rings (SSSR count). The summed E-state index contributed by atoms with van der Waals surface area (Å²) in [6.45, 7) is 10.1. The van der Waals surface area contributed by atoms with E-state index in [1.807, 2.05) is 36.4 Å². The number of ether oxygens (including phenoxy) is 2. The summed E-state index contributed by atoms with van der Waals surface area (Å²) < 4.78 is 10.6. The summed E-state index contributed by atoms with van der Waals surface area (Å²) in [4.78, 5) is 22.6. The summed E-state index contributed by atoms with van der Waals surface area (Å²) in [7, 11) is 1.50. The number of aliphatic imine (C=N–C) groups is 2. The van der Waals surface area contributed by atoms with Crippen LogP contribution in [0.3, 0.4) is 0 Å². The summed E-state index contributed by atoms with van der Waals surface area (Å²) in [6.07, 6.45) is 12.5. The second-order valence-electron chi connectivity index (χ2n) is 9.04. The van der Waals surface area contributed by atoms with E-state index in [1.165, 1.54) is 13.4 Å². The number of hydrogen-bond donors (Lipinski definition) is 3. The van der Waals surface area contributed by atoms with Gasteiger partial charge in [-0.1, -0.05) is 50.3 Å². The van der Waals surface area contributed by atoms with Crippen LogP contribution in [0.25, 0.3) is 0 Å². The molecule has 2 aliphatic rings.